The van der Waals surface area contributed by atoms with Gasteiger partial charge in [0.1, 0.15) is 5.60 Å². The van der Waals surface area contributed by atoms with Gasteiger partial charge in [-0.1, -0.05) is 11.3 Å². The van der Waals surface area contributed by atoms with Gasteiger partial charge in [0.05, 0.1) is 32.3 Å². The Morgan fingerprint density at radius 3 is 2.38 bits per heavy atom. The van der Waals surface area contributed by atoms with Gasteiger partial charge in [-0.25, -0.2) is 0 Å². The van der Waals surface area contributed by atoms with E-state index in [1.165, 1.54) is 18.4 Å². The highest BCUT2D eigenvalue weighted by molar-refractivity contribution is 7.15. The van der Waals surface area contributed by atoms with Crippen molar-refractivity contribution in [3.63, 3.8) is 0 Å². The molecule has 0 N–H and O–H groups in total. The molecule has 0 atom stereocenters. The number of likely N-dealkylation sites (tertiary alicyclic amines) is 1. The van der Waals surface area contributed by atoms with Gasteiger partial charge in [-0.3, -0.25) is 4.79 Å². The van der Waals surface area contributed by atoms with Crippen LogP contribution < -0.4 is 4.48 Å². The topological polar surface area (TPSA) is 65.5 Å². The second-order valence-corrected chi connectivity index (χ2v) is 8.39. The third-order valence-electron chi connectivity index (χ3n) is 4.11. The second-order valence-electron chi connectivity index (χ2n) is 7.21. The number of piperidine rings is 1. The van der Waals surface area contributed by atoms with Crippen LogP contribution in [0.3, 0.4) is 0 Å². The van der Waals surface area contributed by atoms with Crippen LogP contribution in [-0.4, -0.2) is 42.8 Å². The number of methoxy groups -OCH3 is 1. The van der Waals surface area contributed by atoms with Crippen LogP contribution in [0.15, 0.2) is 0 Å². The summed E-state index contributed by atoms with van der Waals surface area (Å²) in [6.45, 7) is 8.94. The van der Waals surface area contributed by atoms with Gasteiger partial charge in [0.2, 0.25) is 0 Å². The number of nitrogens with zero attached hydrogens (tertiary/aromatic N) is 2. The molecule has 0 aliphatic carbocycles. The van der Waals surface area contributed by atoms with Crippen molar-refractivity contribution in [1.29, 1.82) is 0 Å². The first kappa shape index (κ1) is 18.9. The van der Waals surface area contributed by atoms with Crippen LogP contribution in [0, 0.1) is 6.92 Å². The van der Waals surface area contributed by atoms with Gasteiger partial charge in [-0.15, -0.1) is 0 Å². The molecule has 7 heteroatoms. The third kappa shape index (κ3) is 4.13. The molecule has 1 aliphatic rings. The molecule has 1 aromatic heterocycles. The summed E-state index contributed by atoms with van der Waals surface area (Å²) in [6.07, 6.45) is 2.92. The van der Waals surface area contributed by atoms with E-state index in [0.29, 0.717) is 18.8 Å². The van der Waals surface area contributed by atoms with Crippen LogP contribution in [0.5, 0.6) is 0 Å². The van der Waals surface area contributed by atoms with E-state index in [2.05, 4.69) is 4.98 Å². The van der Waals surface area contributed by atoms with E-state index in [1.807, 2.05) is 27.7 Å². The highest BCUT2D eigenvalue weighted by Gasteiger charge is 2.47. The maximum absolute atomic E-state index is 13.0. The van der Waals surface area contributed by atoms with Crippen molar-refractivity contribution >= 4 is 28.5 Å². The Hall–Kier alpha value is -1.47. The number of hydrogen-bond acceptors (Lipinski definition) is 6. The lowest BCUT2D eigenvalue weighted by Gasteiger charge is -2.36. The Morgan fingerprint density at radius 2 is 1.83 bits per heavy atom. The number of aromatic nitrogens is 1. The number of rotatable bonds is 3. The van der Waals surface area contributed by atoms with Crippen molar-refractivity contribution in [3.8, 4) is 0 Å². The fourth-order valence-corrected chi connectivity index (χ4v) is 3.92. The second kappa shape index (κ2) is 7.19. The Bertz CT molecular complexity index is 613. The Labute approximate surface area is 147 Å². The Morgan fingerprint density at radius 1 is 1.21 bits per heavy atom. The van der Waals surface area contributed by atoms with Crippen molar-refractivity contribution in [2.24, 2.45) is 0 Å². The van der Waals surface area contributed by atoms with E-state index >= 15 is 0 Å². The molecule has 1 amide bonds. The minimum atomic E-state index is -0.541. The molecule has 24 heavy (non-hydrogen) atoms. The van der Waals surface area contributed by atoms with Gasteiger partial charge in [0, 0.05) is 4.88 Å². The third-order valence-corrected chi connectivity index (χ3v) is 5.27. The van der Waals surface area contributed by atoms with E-state index in [1.54, 1.807) is 0 Å². The minimum absolute atomic E-state index is 0.129. The van der Waals surface area contributed by atoms with Gasteiger partial charge < -0.3 is 9.47 Å². The summed E-state index contributed by atoms with van der Waals surface area (Å²) in [5.74, 6) is -0.322. The smallest absolute Gasteiger partial charge is 0.469 e. The molecule has 1 saturated heterocycles. The van der Waals surface area contributed by atoms with Gasteiger partial charge >= 0.3 is 12.1 Å². The maximum Gasteiger partial charge on any atom is 0.523 e. The molecular weight excluding hydrogens is 328 g/mol. The number of amides is 1. The number of carbonyl (C=O) groups is 2. The molecule has 0 bridgehead atoms. The van der Waals surface area contributed by atoms with Gasteiger partial charge in [0.15, 0.2) is 0 Å². The van der Waals surface area contributed by atoms with E-state index in [4.69, 9.17) is 9.47 Å². The zero-order chi connectivity index (χ0) is 18.0. The normalized spacial score (nSPS) is 17.4. The van der Waals surface area contributed by atoms with Crippen molar-refractivity contribution in [3.05, 3.63) is 10.6 Å². The first-order chi connectivity index (χ1) is 11.2. The average Bonchev–Trinajstić information content (AvgIpc) is 2.87. The van der Waals surface area contributed by atoms with Crippen molar-refractivity contribution in [2.75, 3.05) is 20.2 Å². The summed E-state index contributed by atoms with van der Waals surface area (Å²) >= 11 is 1.48. The van der Waals surface area contributed by atoms with Crippen molar-refractivity contribution in [1.82, 2.24) is 9.47 Å². The zero-order valence-corrected chi connectivity index (χ0v) is 16.0. The molecule has 0 unspecified atom stereocenters. The summed E-state index contributed by atoms with van der Waals surface area (Å²) < 4.78 is 10.6. The predicted octanol–water partition coefficient (Wildman–Crippen LogP) is 3.59. The predicted molar refractivity (Wildman–Crippen MR) is 94.2 cm³/mol. The molecule has 1 aromatic rings. The average molecular weight is 355 g/mol. The van der Waals surface area contributed by atoms with Crippen molar-refractivity contribution in [2.45, 2.75) is 59.0 Å². The fourth-order valence-electron chi connectivity index (χ4n) is 2.82. The number of esters is 1. The molecule has 1 fully saturated rings. The number of ether oxygens (including phenoxy) is 2. The molecule has 2 heterocycles. The summed E-state index contributed by atoms with van der Waals surface area (Å²) in [5, 5.41) is 0.723. The largest absolute Gasteiger partial charge is 0.523 e. The van der Waals surface area contributed by atoms with E-state index < -0.39 is 5.60 Å². The van der Waals surface area contributed by atoms with Crippen LogP contribution in [0.1, 0.15) is 50.6 Å². The SMILES string of the molecule is COC(=O)Cc1nc([N+]2(C(=O)OC(C)(C)C)CCCCC2)sc1C. The molecule has 1 aliphatic heterocycles. The summed E-state index contributed by atoms with van der Waals surface area (Å²) in [5.41, 5.74) is 0.148. The Kier molecular flexibility index (Phi) is 5.65. The van der Waals surface area contributed by atoms with Crippen molar-refractivity contribution < 1.29 is 19.1 Å². The molecule has 2 rings (SSSR count). The molecule has 0 saturated carbocycles. The number of carbonyl (C=O) groups excluding carboxylic acids is 2. The van der Waals surface area contributed by atoms with E-state index in [0.717, 1.165) is 29.3 Å². The van der Waals surface area contributed by atoms with Crippen LogP contribution >= 0.6 is 11.3 Å². The minimum Gasteiger partial charge on any atom is -0.469 e. The first-order valence-electron chi connectivity index (χ1n) is 8.32. The maximum atomic E-state index is 13.0. The van der Waals surface area contributed by atoms with Crippen LogP contribution in [0.25, 0.3) is 0 Å². The van der Waals surface area contributed by atoms with Crippen LogP contribution in [-0.2, 0) is 20.7 Å². The molecule has 0 aromatic carbocycles. The van der Waals surface area contributed by atoms with Gasteiger partial charge in [-0.2, -0.15) is 14.3 Å². The fraction of sp³-hybridized carbons (Fsp3) is 0.706. The van der Waals surface area contributed by atoms with E-state index in [-0.39, 0.29) is 23.0 Å². The molecule has 134 valence electrons. The summed E-state index contributed by atoms with van der Waals surface area (Å²) in [4.78, 5) is 30.1. The zero-order valence-electron chi connectivity index (χ0n) is 15.2. The summed E-state index contributed by atoms with van der Waals surface area (Å²) in [7, 11) is 1.37. The van der Waals surface area contributed by atoms with Crippen LogP contribution in [0.2, 0.25) is 0 Å². The molecule has 0 spiro atoms. The molecule has 0 radical (unpaired) electrons. The number of quaternary nitrogens is 1. The number of thiazole rings is 1. The molecular formula is C17H27N2O4S+. The lowest BCUT2D eigenvalue weighted by molar-refractivity contribution is -0.139. The lowest BCUT2D eigenvalue weighted by Crippen LogP contribution is -2.58. The Balaban J connectivity index is 2.36. The quantitative estimate of drug-likeness (QED) is 0.612. The summed E-state index contributed by atoms with van der Waals surface area (Å²) in [6, 6.07) is 0. The van der Waals surface area contributed by atoms with E-state index in [9.17, 15) is 9.59 Å². The van der Waals surface area contributed by atoms with Crippen LogP contribution in [0.4, 0.5) is 9.93 Å². The number of aryl methyl sites for hydroxylation is 1. The lowest BCUT2D eigenvalue weighted by atomic mass is 10.1. The molecule has 6 nitrogen and oxygen atoms in total. The highest BCUT2D eigenvalue weighted by Crippen LogP contribution is 2.36. The number of hydrogen-bond donors (Lipinski definition) is 0. The van der Waals surface area contributed by atoms with Gasteiger partial charge in [-0.05, 0) is 47.0 Å². The highest BCUT2D eigenvalue weighted by atomic mass is 32.1. The standard InChI is InChI=1S/C17H27N2O4S/c1-12-13(11-14(20)22-5)18-15(24-12)19(9-7-6-8-10-19)16(21)23-17(2,3)4/h6-11H2,1-5H3/q+1. The first-order valence-corrected chi connectivity index (χ1v) is 9.14. The van der Waals surface area contributed by atoms with Gasteiger partial charge in [0.25, 0.3) is 5.13 Å². The monoisotopic (exact) mass is 355 g/mol.